The molecule has 1 aromatic carbocycles. The molecule has 2 amide bonds. The summed E-state index contributed by atoms with van der Waals surface area (Å²) >= 11 is 0. The molecule has 2 rings (SSSR count). The number of amides is 2. The molecule has 0 bridgehead atoms. The molecule has 0 atom stereocenters. The molecule has 1 heterocycles. The summed E-state index contributed by atoms with van der Waals surface area (Å²) in [6.45, 7) is 2.80. The van der Waals surface area contributed by atoms with Crippen molar-refractivity contribution in [1.29, 1.82) is 0 Å². The van der Waals surface area contributed by atoms with E-state index >= 15 is 0 Å². The molecule has 0 aliphatic rings. The highest BCUT2D eigenvalue weighted by Gasteiger charge is 2.07. The molecule has 126 valence electrons. The summed E-state index contributed by atoms with van der Waals surface area (Å²) < 4.78 is 5.01. The van der Waals surface area contributed by atoms with Crippen molar-refractivity contribution < 1.29 is 14.3 Å². The maximum absolute atomic E-state index is 12.1. The van der Waals surface area contributed by atoms with Crippen LogP contribution in [0.25, 0.3) is 0 Å². The minimum Gasteiger partial charge on any atom is -0.450 e. The zero-order valence-electron chi connectivity index (χ0n) is 13.5. The van der Waals surface area contributed by atoms with Crippen LogP contribution >= 0.6 is 0 Å². The maximum atomic E-state index is 12.1. The third-order valence-corrected chi connectivity index (χ3v) is 3.21. The average Bonchev–Trinajstić information content (AvgIpc) is 2.61. The Kier molecular flexibility index (Phi) is 6.70. The summed E-state index contributed by atoms with van der Waals surface area (Å²) in [5.74, 6) is 0.183. The van der Waals surface area contributed by atoms with Crippen molar-refractivity contribution >= 4 is 17.8 Å². The van der Waals surface area contributed by atoms with Crippen molar-refractivity contribution in [3.8, 4) is 0 Å². The van der Waals surface area contributed by atoms with Crippen LogP contribution < -0.4 is 10.6 Å². The summed E-state index contributed by atoms with van der Waals surface area (Å²) in [6.07, 6.45) is 4.31. The Morgan fingerprint density at radius 3 is 2.62 bits per heavy atom. The molecule has 0 aliphatic heterocycles. The van der Waals surface area contributed by atoms with E-state index in [0.717, 1.165) is 18.4 Å². The van der Waals surface area contributed by atoms with Gasteiger partial charge in [-0.2, -0.15) is 0 Å². The predicted molar refractivity (Wildman–Crippen MR) is 89.5 cm³/mol. The fourth-order valence-corrected chi connectivity index (χ4v) is 1.86. The van der Waals surface area contributed by atoms with E-state index in [9.17, 15) is 9.59 Å². The van der Waals surface area contributed by atoms with Crippen LogP contribution in [0.2, 0.25) is 0 Å². The zero-order chi connectivity index (χ0) is 17.2. The number of hydrogen-bond acceptors (Lipinski definition) is 5. The number of unbranched alkanes of at least 4 members (excludes halogenated alkanes) is 1. The van der Waals surface area contributed by atoms with Gasteiger partial charge >= 0.3 is 6.09 Å². The maximum Gasteiger partial charge on any atom is 0.407 e. The standard InChI is InChI=1S/C17H20N4O3/c1-2-3-10-24-17(23)19-11-13-4-6-14(7-5-13)16(22)21-15-8-9-18-12-20-15/h4-9,12H,2-3,10-11H2,1H3,(H,19,23)(H,18,20,21,22). The molecule has 0 saturated carbocycles. The van der Waals surface area contributed by atoms with Gasteiger partial charge in [0, 0.05) is 18.3 Å². The Hall–Kier alpha value is -2.96. The minimum atomic E-state index is -0.436. The Morgan fingerprint density at radius 2 is 1.96 bits per heavy atom. The fourth-order valence-electron chi connectivity index (χ4n) is 1.86. The van der Waals surface area contributed by atoms with Crippen molar-refractivity contribution in [2.24, 2.45) is 0 Å². The number of carbonyl (C=O) groups is 2. The normalized spacial score (nSPS) is 10.0. The first kappa shape index (κ1) is 17.4. The van der Waals surface area contributed by atoms with E-state index in [0.29, 0.717) is 24.5 Å². The van der Waals surface area contributed by atoms with Crippen molar-refractivity contribution in [2.75, 3.05) is 11.9 Å². The topological polar surface area (TPSA) is 93.2 Å². The summed E-state index contributed by atoms with van der Waals surface area (Å²) in [4.78, 5) is 31.3. The number of benzene rings is 1. The van der Waals surface area contributed by atoms with Crippen LogP contribution in [0.4, 0.5) is 10.6 Å². The Morgan fingerprint density at radius 1 is 1.17 bits per heavy atom. The molecule has 1 aromatic heterocycles. The van der Waals surface area contributed by atoms with Crippen LogP contribution in [0.5, 0.6) is 0 Å². The van der Waals surface area contributed by atoms with Gasteiger partial charge in [0.2, 0.25) is 0 Å². The van der Waals surface area contributed by atoms with Gasteiger partial charge in [0.25, 0.3) is 5.91 Å². The average molecular weight is 328 g/mol. The van der Waals surface area contributed by atoms with E-state index in [1.807, 2.05) is 6.92 Å². The molecular weight excluding hydrogens is 308 g/mol. The highest BCUT2D eigenvalue weighted by atomic mass is 16.5. The minimum absolute atomic E-state index is 0.257. The molecule has 7 nitrogen and oxygen atoms in total. The molecule has 2 N–H and O–H groups in total. The number of anilines is 1. The molecule has 0 unspecified atom stereocenters. The number of nitrogens with one attached hydrogen (secondary N) is 2. The molecule has 2 aromatic rings. The fraction of sp³-hybridized carbons (Fsp3) is 0.294. The molecule has 0 radical (unpaired) electrons. The summed E-state index contributed by atoms with van der Waals surface area (Å²) in [5, 5.41) is 5.34. The highest BCUT2D eigenvalue weighted by molar-refractivity contribution is 6.03. The molecule has 0 aliphatic carbocycles. The van der Waals surface area contributed by atoms with Crippen molar-refractivity contribution in [2.45, 2.75) is 26.3 Å². The molecular formula is C17H20N4O3. The Balaban J connectivity index is 1.82. The second kappa shape index (κ2) is 9.24. The SMILES string of the molecule is CCCCOC(=O)NCc1ccc(C(=O)Nc2ccncn2)cc1. The largest absolute Gasteiger partial charge is 0.450 e. The van der Waals surface area contributed by atoms with E-state index in [4.69, 9.17) is 4.74 Å². The third kappa shape index (κ3) is 5.68. The summed E-state index contributed by atoms with van der Waals surface area (Å²) in [5.41, 5.74) is 1.38. The van der Waals surface area contributed by atoms with Gasteiger partial charge < -0.3 is 15.4 Å². The summed E-state index contributed by atoms with van der Waals surface area (Å²) in [6, 6.07) is 8.55. The highest BCUT2D eigenvalue weighted by Crippen LogP contribution is 2.07. The molecule has 24 heavy (non-hydrogen) atoms. The van der Waals surface area contributed by atoms with Crippen molar-refractivity contribution in [1.82, 2.24) is 15.3 Å². The van der Waals surface area contributed by atoms with E-state index in [-0.39, 0.29) is 5.91 Å². The van der Waals surface area contributed by atoms with Gasteiger partial charge in [-0.15, -0.1) is 0 Å². The third-order valence-electron chi connectivity index (χ3n) is 3.21. The van der Waals surface area contributed by atoms with E-state index in [1.165, 1.54) is 6.33 Å². The Labute approximate surface area is 140 Å². The van der Waals surface area contributed by atoms with Crippen LogP contribution in [0, 0.1) is 0 Å². The van der Waals surface area contributed by atoms with E-state index < -0.39 is 6.09 Å². The molecule has 0 spiro atoms. The van der Waals surface area contributed by atoms with Gasteiger partial charge in [-0.1, -0.05) is 25.5 Å². The number of ether oxygens (including phenoxy) is 1. The van der Waals surface area contributed by atoms with Gasteiger partial charge in [-0.3, -0.25) is 4.79 Å². The number of carbonyl (C=O) groups excluding carboxylic acids is 2. The lowest BCUT2D eigenvalue weighted by Gasteiger charge is -2.08. The lowest BCUT2D eigenvalue weighted by molar-refractivity contribution is 0.102. The predicted octanol–water partition coefficient (Wildman–Crippen LogP) is 2.76. The van der Waals surface area contributed by atoms with Crippen LogP contribution in [0.3, 0.4) is 0 Å². The van der Waals surface area contributed by atoms with Crippen LogP contribution in [0.1, 0.15) is 35.7 Å². The van der Waals surface area contributed by atoms with E-state index in [1.54, 1.807) is 36.5 Å². The second-order valence-corrected chi connectivity index (χ2v) is 5.09. The quantitative estimate of drug-likeness (QED) is 0.762. The van der Waals surface area contributed by atoms with Crippen molar-refractivity contribution in [3.05, 3.63) is 54.0 Å². The van der Waals surface area contributed by atoms with Gasteiger partial charge in [-0.05, 0) is 30.2 Å². The monoisotopic (exact) mass is 328 g/mol. The first-order valence-corrected chi connectivity index (χ1v) is 7.76. The van der Waals surface area contributed by atoms with Gasteiger partial charge in [0.15, 0.2) is 0 Å². The van der Waals surface area contributed by atoms with Crippen LogP contribution in [-0.4, -0.2) is 28.6 Å². The lowest BCUT2D eigenvalue weighted by atomic mass is 10.1. The second-order valence-electron chi connectivity index (χ2n) is 5.09. The van der Waals surface area contributed by atoms with Crippen LogP contribution in [0.15, 0.2) is 42.9 Å². The molecule has 0 saturated heterocycles. The molecule has 7 heteroatoms. The summed E-state index contributed by atoms with van der Waals surface area (Å²) in [7, 11) is 0. The number of nitrogens with zero attached hydrogens (tertiary/aromatic N) is 2. The lowest BCUT2D eigenvalue weighted by Crippen LogP contribution is -2.24. The zero-order valence-corrected chi connectivity index (χ0v) is 13.5. The van der Waals surface area contributed by atoms with Gasteiger partial charge in [0.1, 0.15) is 12.1 Å². The van der Waals surface area contributed by atoms with Gasteiger partial charge in [-0.25, -0.2) is 14.8 Å². The van der Waals surface area contributed by atoms with Gasteiger partial charge in [0.05, 0.1) is 6.61 Å². The first-order chi connectivity index (χ1) is 11.7. The Bertz CT molecular complexity index is 659. The van der Waals surface area contributed by atoms with E-state index in [2.05, 4.69) is 20.6 Å². The smallest absolute Gasteiger partial charge is 0.407 e. The number of alkyl carbamates (subject to hydrolysis) is 1. The number of hydrogen-bond donors (Lipinski definition) is 2. The van der Waals surface area contributed by atoms with Crippen molar-refractivity contribution in [3.63, 3.8) is 0 Å². The first-order valence-electron chi connectivity index (χ1n) is 7.76. The number of rotatable bonds is 7. The molecule has 0 fully saturated rings. The van der Waals surface area contributed by atoms with Crippen LogP contribution in [-0.2, 0) is 11.3 Å². The number of aromatic nitrogens is 2.